The van der Waals surface area contributed by atoms with Gasteiger partial charge in [0.15, 0.2) is 0 Å². The molecule has 2 rings (SSSR count). The van der Waals surface area contributed by atoms with Crippen molar-refractivity contribution in [2.75, 3.05) is 5.32 Å². The number of ether oxygens (including phenoxy) is 1. The fourth-order valence-corrected chi connectivity index (χ4v) is 3.60. The van der Waals surface area contributed by atoms with E-state index in [1.165, 1.54) is 17.4 Å². The van der Waals surface area contributed by atoms with Gasteiger partial charge in [-0.05, 0) is 50.8 Å². The van der Waals surface area contributed by atoms with Crippen LogP contribution in [0.3, 0.4) is 0 Å². The highest BCUT2D eigenvalue weighted by atomic mass is 32.1. The summed E-state index contributed by atoms with van der Waals surface area (Å²) in [4.78, 5) is 26.3. The number of rotatable bonds is 5. The zero-order chi connectivity index (χ0) is 17.0. The van der Waals surface area contributed by atoms with Gasteiger partial charge < -0.3 is 10.1 Å². The third kappa shape index (κ3) is 4.53. The van der Waals surface area contributed by atoms with Crippen LogP contribution < -0.4 is 5.32 Å². The third-order valence-corrected chi connectivity index (χ3v) is 5.07. The van der Waals surface area contributed by atoms with E-state index in [9.17, 15) is 9.59 Å². The molecule has 0 aliphatic carbocycles. The Morgan fingerprint density at radius 3 is 2.65 bits per heavy atom. The summed E-state index contributed by atoms with van der Waals surface area (Å²) in [7, 11) is 0. The molecular formula is C17H19NO3S2. The highest BCUT2D eigenvalue weighted by molar-refractivity contribution is 7.16. The molecule has 0 unspecified atom stereocenters. The van der Waals surface area contributed by atoms with E-state index in [0.717, 1.165) is 15.3 Å². The SMILES string of the molecule is Cc1sc(NC(=O)/C=C/c2cccs2)c(C(=O)OC(C)C)c1C. The first kappa shape index (κ1) is 17.4. The second-order valence-electron chi connectivity index (χ2n) is 5.28. The van der Waals surface area contributed by atoms with Crippen LogP contribution in [0.2, 0.25) is 0 Å². The molecule has 0 radical (unpaired) electrons. The molecule has 122 valence electrons. The minimum absolute atomic E-state index is 0.204. The minimum atomic E-state index is -0.403. The van der Waals surface area contributed by atoms with Gasteiger partial charge in [-0.3, -0.25) is 4.79 Å². The van der Waals surface area contributed by atoms with Crippen LogP contribution in [0.25, 0.3) is 6.08 Å². The third-order valence-electron chi connectivity index (χ3n) is 3.11. The Bertz CT molecular complexity index is 727. The molecule has 0 aliphatic heterocycles. The Morgan fingerprint density at radius 1 is 1.30 bits per heavy atom. The number of hydrogen-bond donors (Lipinski definition) is 1. The summed E-state index contributed by atoms with van der Waals surface area (Å²) in [6.07, 6.45) is 3.01. The standard InChI is InChI=1S/C17H19NO3S2/c1-10(2)21-17(20)15-11(3)12(4)23-16(15)18-14(19)8-7-13-6-5-9-22-13/h5-10H,1-4H3,(H,18,19)/b8-7+. The van der Waals surface area contributed by atoms with E-state index < -0.39 is 5.97 Å². The van der Waals surface area contributed by atoms with Gasteiger partial charge in [-0.2, -0.15) is 0 Å². The molecular weight excluding hydrogens is 330 g/mol. The first-order chi connectivity index (χ1) is 10.9. The molecule has 0 aliphatic rings. The summed E-state index contributed by atoms with van der Waals surface area (Å²) in [6.45, 7) is 7.38. The van der Waals surface area contributed by atoms with Crippen molar-refractivity contribution < 1.29 is 14.3 Å². The lowest BCUT2D eigenvalue weighted by Gasteiger charge is -2.09. The van der Waals surface area contributed by atoms with Crippen LogP contribution in [-0.2, 0) is 9.53 Å². The van der Waals surface area contributed by atoms with Gasteiger partial charge in [0, 0.05) is 15.8 Å². The van der Waals surface area contributed by atoms with Crippen molar-refractivity contribution in [3.8, 4) is 0 Å². The van der Waals surface area contributed by atoms with Crippen molar-refractivity contribution in [2.24, 2.45) is 0 Å². The molecule has 0 fully saturated rings. The highest BCUT2D eigenvalue weighted by Gasteiger charge is 2.22. The Morgan fingerprint density at radius 2 is 2.04 bits per heavy atom. The van der Waals surface area contributed by atoms with Gasteiger partial charge >= 0.3 is 5.97 Å². The van der Waals surface area contributed by atoms with E-state index >= 15 is 0 Å². The van der Waals surface area contributed by atoms with E-state index in [1.54, 1.807) is 31.3 Å². The van der Waals surface area contributed by atoms with E-state index in [2.05, 4.69) is 5.32 Å². The summed E-state index contributed by atoms with van der Waals surface area (Å²) >= 11 is 2.94. The summed E-state index contributed by atoms with van der Waals surface area (Å²) < 4.78 is 5.27. The van der Waals surface area contributed by atoms with E-state index in [0.29, 0.717) is 10.6 Å². The second-order valence-corrected chi connectivity index (χ2v) is 7.48. The van der Waals surface area contributed by atoms with Gasteiger partial charge in [-0.1, -0.05) is 6.07 Å². The van der Waals surface area contributed by atoms with Crippen molar-refractivity contribution >= 4 is 45.6 Å². The molecule has 2 aromatic rings. The monoisotopic (exact) mass is 349 g/mol. The normalized spacial score (nSPS) is 11.2. The number of amides is 1. The number of aryl methyl sites for hydroxylation is 1. The summed E-state index contributed by atoms with van der Waals surface area (Å²) in [5, 5.41) is 5.27. The molecule has 0 saturated heterocycles. The van der Waals surface area contributed by atoms with Crippen LogP contribution in [0.15, 0.2) is 23.6 Å². The average Bonchev–Trinajstić information content (AvgIpc) is 3.05. The topological polar surface area (TPSA) is 55.4 Å². The minimum Gasteiger partial charge on any atom is -0.459 e. The van der Waals surface area contributed by atoms with Crippen molar-refractivity contribution in [1.82, 2.24) is 0 Å². The first-order valence-electron chi connectivity index (χ1n) is 7.22. The summed E-state index contributed by atoms with van der Waals surface area (Å²) in [6, 6.07) is 3.85. The highest BCUT2D eigenvalue weighted by Crippen LogP contribution is 2.33. The van der Waals surface area contributed by atoms with Gasteiger partial charge in [-0.25, -0.2) is 4.79 Å². The fraction of sp³-hybridized carbons (Fsp3) is 0.294. The average molecular weight is 349 g/mol. The van der Waals surface area contributed by atoms with Gasteiger partial charge in [0.05, 0.1) is 11.7 Å². The maximum Gasteiger partial charge on any atom is 0.341 e. The lowest BCUT2D eigenvalue weighted by Crippen LogP contribution is -2.15. The van der Waals surface area contributed by atoms with Crippen LogP contribution in [0.1, 0.15) is 39.5 Å². The molecule has 2 aromatic heterocycles. The van der Waals surface area contributed by atoms with Crippen LogP contribution in [0.5, 0.6) is 0 Å². The molecule has 0 aromatic carbocycles. The number of carbonyl (C=O) groups is 2. The smallest absolute Gasteiger partial charge is 0.341 e. The zero-order valence-electron chi connectivity index (χ0n) is 13.5. The lowest BCUT2D eigenvalue weighted by atomic mass is 10.1. The number of esters is 1. The molecule has 0 atom stereocenters. The van der Waals surface area contributed by atoms with Gasteiger partial charge in [-0.15, -0.1) is 22.7 Å². The fourth-order valence-electron chi connectivity index (χ4n) is 1.93. The quantitative estimate of drug-likeness (QED) is 0.632. The first-order valence-corrected chi connectivity index (χ1v) is 8.91. The van der Waals surface area contributed by atoms with Gasteiger partial charge in [0.1, 0.15) is 5.00 Å². The molecule has 1 amide bonds. The van der Waals surface area contributed by atoms with Crippen LogP contribution in [0, 0.1) is 13.8 Å². The van der Waals surface area contributed by atoms with Crippen molar-refractivity contribution in [1.29, 1.82) is 0 Å². The van der Waals surface area contributed by atoms with E-state index in [4.69, 9.17) is 4.74 Å². The van der Waals surface area contributed by atoms with Gasteiger partial charge in [0.25, 0.3) is 0 Å². The molecule has 1 N–H and O–H groups in total. The van der Waals surface area contributed by atoms with Crippen LogP contribution in [-0.4, -0.2) is 18.0 Å². The Labute approximate surface area is 143 Å². The number of thiophene rings is 2. The molecule has 4 nitrogen and oxygen atoms in total. The zero-order valence-corrected chi connectivity index (χ0v) is 15.1. The maximum atomic E-state index is 12.3. The number of nitrogens with one attached hydrogen (secondary N) is 1. The maximum absolute atomic E-state index is 12.3. The molecule has 0 spiro atoms. The predicted octanol–water partition coefficient (Wildman–Crippen LogP) is 4.64. The number of anilines is 1. The van der Waals surface area contributed by atoms with E-state index in [1.807, 2.05) is 31.4 Å². The van der Waals surface area contributed by atoms with Crippen molar-refractivity contribution in [3.63, 3.8) is 0 Å². The van der Waals surface area contributed by atoms with Gasteiger partial charge in [0.2, 0.25) is 5.91 Å². The largest absolute Gasteiger partial charge is 0.459 e. The Balaban J connectivity index is 2.17. The molecule has 23 heavy (non-hydrogen) atoms. The molecule has 6 heteroatoms. The number of hydrogen-bond acceptors (Lipinski definition) is 5. The molecule has 0 bridgehead atoms. The lowest BCUT2D eigenvalue weighted by molar-refractivity contribution is -0.111. The molecule has 2 heterocycles. The summed E-state index contributed by atoms with van der Waals surface area (Å²) in [5.41, 5.74) is 1.29. The van der Waals surface area contributed by atoms with E-state index in [-0.39, 0.29) is 12.0 Å². The van der Waals surface area contributed by atoms with Crippen molar-refractivity contribution in [2.45, 2.75) is 33.8 Å². The van der Waals surface area contributed by atoms with Crippen LogP contribution in [0.4, 0.5) is 5.00 Å². The predicted molar refractivity (Wildman–Crippen MR) is 96.3 cm³/mol. The summed E-state index contributed by atoms with van der Waals surface area (Å²) in [5.74, 6) is -0.669. The van der Waals surface area contributed by atoms with Crippen LogP contribution >= 0.6 is 22.7 Å². The Kier molecular flexibility index (Phi) is 5.74. The second kappa shape index (κ2) is 7.57. The molecule has 0 saturated carbocycles. The van der Waals surface area contributed by atoms with Crippen molar-refractivity contribution in [3.05, 3.63) is 44.5 Å². The Hall–Kier alpha value is -1.92. The number of carbonyl (C=O) groups excluding carboxylic acids is 2.